The third kappa shape index (κ3) is 1.42. The molecule has 0 aliphatic heterocycles. The number of hydrogen-bond acceptors (Lipinski definition) is 2. The monoisotopic (exact) mass is 154 g/mol. The molecule has 11 heavy (non-hydrogen) atoms. The lowest BCUT2D eigenvalue weighted by Crippen LogP contribution is -2.26. The molecule has 3 atom stereocenters. The topological polar surface area (TPSA) is 38.0 Å². The molecule has 2 aliphatic rings. The van der Waals surface area contributed by atoms with Crippen molar-refractivity contribution >= 4 is 0 Å². The second kappa shape index (κ2) is 3.11. The molecule has 0 saturated heterocycles. The summed E-state index contributed by atoms with van der Waals surface area (Å²) >= 11 is 0. The van der Waals surface area contributed by atoms with Crippen molar-refractivity contribution in [3.8, 4) is 0 Å². The Kier molecular flexibility index (Phi) is 2.14. The van der Waals surface area contributed by atoms with Crippen LogP contribution in [0.15, 0.2) is 0 Å². The summed E-state index contributed by atoms with van der Waals surface area (Å²) in [7, 11) is 0. The van der Waals surface area contributed by atoms with E-state index >= 15 is 0 Å². The van der Waals surface area contributed by atoms with Crippen molar-refractivity contribution in [3.63, 3.8) is 0 Å². The van der Waals surface area contributed by atoms with E-state index in [1.165, 1.54) is 32.1 Å². The van der Waals surface area contributed by atoms with Gasteiger partial charge in [-0.15, -0.1) is 0 Å². The van der Waals surface area contributed by atoms with Crippen LogP contribution < -0.4 is 11.3 Å². The number of nitrogens with two attached hydrogens (primary N) is 1. The maximum Gasteiger partial charge on any atom is 0.0100 e. The molecule has 0 aromatic heterocycles. The average molecular weight is 154 g/mol. The molecule has 2 aliphatic carbocycles. The van der Waals surface area contributed by atoms with Crippen LogP contribution in [0, 0.1) is 17.8 Å². The van der Waals surface area contributed by atoms with E-state index in [1.807, 2.05) is 0 Å². The summed E-state index contributed by atoms with van der Waals surface area (Å²) in [6.07, 6.45) is 7.33. The number of hydrogen-bond donors (Lipinski definition) is 2. The minimum absolute atomic E-state index is 1.00. The fourth-order valence-corrected chi connectivity index (χ4v) is 3.00. The van der Waals surface area contributed by atoms with Crippen molar-refractivity contribution < 1.29 is 0 Å². The molecule has 0 spiro atoms. The van der Waals surface area contributed by atoms with Crippen LogP contribution in [0.5, 0.6) is 0 Å². The number of hydrazine groups is 1. The molecule has 0 heterocycles. The van der Waals surface area contributed by atoms with E-state index in [1.54, 1.807) is 0 Å². The molecular weight excluding hydrogens is 136 g/mol. The molecule has 0 amide bonds. The first-order valence-electron chi connectivity index (χ1n) is 4.83. The highest BCUT2D eigenvalue weighted by atomic mass is 15.2. The highest BCUT2D eigenvalue weighted by molar-refractivity contribution is 4.89. The lowest BCUT2D eigenvalue weighted by molar-refractivity contribution is 0.311. The van der Waals surface area contributed by atoms with Gasteiger partial charge in [0.2, 0.25) is 0 Å². The zero-order chi connectivity index (χ0) is 7.68. The van der Waals surface area contributed by atoms with Crippen LogP contribution in [0.2, 0.25) is 0 Å². The molecule has 2 rings (SSSR count). The van der Waals surface area contributed by atoms with Crippen LogP contribution in [0.1, 0.15) is 32.1 Å². The fraction of sp³-hybridized carbons (Fsp3) is 1.00. The van der Waals surface area contributed by atoms with Crippen molar-refractivity contribution in [1.29, 1.82) is 0 Å². The summed E-state index contributed by atoms with van der Waals surface area (Å²) in [4.78, 5) is 0. The fourth-order valence-electron chi connectivity index (χ4n) is 3.00. The first-order chi connectivity index (χ1) is 5.40. The van der Waals surface area contributed by atoms with Gasteiger partial charge in [-0.25, -0.2) is 0 Å². The van der Waals surface area contributed by atoms with E-state index in [-0.39, 0.29) is 0 Å². The summed E-state index contributed by atoms with van der Waals surface area (Å²) in [5, 5.41) is 0. The molecule has 64 valence electrons. The summed E-state index contributed by atoms with van der Waals surface area (Å²) in [6.45, 7) is 1.01. The molecular formula is C9H18N2. The first kappa shape index (κ1) is 7.56. The molecule has 2 heteroatoms. The minimum atomic E-state index is 1.00. The largest absolute Gasteiger partial charge is 0.271 e. The second-order valence-electron chi connectivity index (χ2n) is 4.18. The zero-order valence-electron chi connectivity index (χ0n) is 7.05. The van der Waals surface area contributed by atoms with Gasteiger partial charge in [0, 0.05) is 6.54 Å². The molecule has 3 N–H and O–H groups in total. The van der Waals surface area contributed by atoms with Gasteiger partial charge in [0.15, 0.2) is 0 Å². The van der Waals surface area contributed by atoms with Gasteiger partial charge in [-0.1, -0.05) is 6.42 Å². The van der Waals surface area contributed by atoms with Gasteiger partial charge in [-0.2, -0.15) is 0 Å². The van der Waals surface area contributed by atoms with Crippen molar-refractivity contribution in [3.05, 3.63) is 0 Å². The van der Waals surface area contributed by atoms with Gasteiger partial charge in [0.25, 0.3) is 0 Å². The Hall–Kier alpha value is -0.0800. The van der Waals surface area contributed by atoms with Crippen molar-refractivity contribution in [2.24, 2.45) is 23.6 Å². The molecule has 0 unspecified atom stereocenters. The molecule has 0 aromatic rings. The maximum atomic E-state index is 5.25. The Morgan fingerprint density at radius 3 is 2.73 bits per heavy atom. The number of rotatable bonds is 3. The second-order valence-corrected chi connectivity index (χ2v) is 4.18. The Balaban J connectivity index is 1.78. The predicted octanol–water partition coefficient (Wildman–Crippen LogP) is 1.28. The van der Waals surface area contributed by atoms with E-state index in [2.05, 4.69) is 5.43 Å². The van der Waals surface area contributed by atoms with E-state index in [0.717, 1.165) is 24.3 Å². The van der Waals surface area contributed by atoms with Gasteiger partial charge in [0.1, 0.15) is 0 Å². The maximum absolute atomic E-state index is 5.25. The molecule has 0 radical (unpaired) electrons. The van der Waals surface area contributed by atoms with Crippen LogP contribution in [-0.4, -0.2) is 6.54 Å². The van der Waals surface area contributed by atoms with Crippen LogP contribution >= 0.6 is 0 Å². The summed E-state index contributed by atoms with van der Waals surface area (Å²) in [5.41, 5.74) is 2.75. The van der Waals surface area contributed by atoms with Crippen LogP contribution in [0.3, 0.4) is 0 Å². The minimum Gasteiger partial charge on any atom is -0.271 e. The van der Waals surface area contributed by atoms with E-state index < -0.39 is 0 Å². The lowest BCUT2D eigenvalue weighted by Gasteiger charge is -2.20. The highest BCUT2D eigenvalue weighted by Crippen LogP contribution is 2.49. The molecule has 2 saturated carbocycles. The Bertz CT molecular complexity index is 136. The normalized spacial score (nSPS) is 41.7. The SMILES string of the molecule is NNCC[C@H]1C[C@H]2CC[C@H]1C2. The Morgan fingerprint density at radius 2 is 2.18 bits per heavy atom. The summed E-state index contributed by atoms with van der Waals surface area (Å²) in [6, 6.07) is 0. The first-order valence-corrected chi connectivity index (χ1v) is 4.83. The van der Waals surface area contributed by atoms with Gasteiger partial charge >= 0.3 is 0 Å². The van der Waals surface area contributed by atoms with Gasteiger partial charge in [0.05, 0.1) is 0 Å². The van der Waals surface area contributed by atoms with Crippen molar-refractivity contribution in [1.82, 2.24) is 5.43 Å². The lowest BCUT2D eigenvalue weighted by atomic mass is 9.86. The van der Waals surface area contributed by atoms with Crippen molar-refractivity contribution in [2.75, 3.05) is 6.54 Å². The van der Waals surface area contributed by atoms with Crippen molar-refractivity contribution in [2.45, 2.75) is 32.1 Å². The molecule has 2 nitrogen and oxygen atoms in total. The quantitative estimate of drug-likeness (QED) is 0.474. The smallest absolute Gasteiger partial charge is 0.0100 e. The Labute approximate surface area is 68.5 Å². The van der Waals surface area contributed by atoms with E-state index in [4.69, 9.17) is 5.84 Å². The standard InChI is InChI=1S/C9H18N2/c10-11-4-3-9-6-7-1-2-8(9)5-7/h7-9,11H,1-6,10H2/t7-,8-,9-/m0/s1. The third-order valence-electron chi connectivity index (χ3n) is 3.54. The average Bonchev–Trinajstić information content (AvgIpc) is 2.60. The molecule has 2 bridgehead atoms. The summed E-state index contributed by atoms with van der Waals surface area (Å²) in [5.74, 6) is 8.41. The van der Waals surface area contributed by atoms with Crippen LogP contribution in [-0.2, 0) is 0 Å². The van der Waals surface area contributed by atoms with Gasteiger partial charge in [-0.3, -0.25) is 11.3 Å². The number of fused-ring (bicyclic) bond motifs is 2. The molecule has 2 fully saturated rings. The van der Waals surface area contributed by atoms with Crippen LogP contribution in [0.25, 0.3) is 0 Å². The predicted molar refractivity (Wildman–Crippen MR) is 45.7 cm³/mol. The van der Waals surface area contributed by atoms with E-state index in [9.17, 15) is 0 Å². The molecule has 0 aromatic carbocycles. The van der Waals surface area contributed by atoms with Gasteiger partial charge < -0.3 is 0 Å². The van der Waals surface area contributed by atoms with Crippen LogP contribution in [0.4, 0.5) is 0 Å². The highest BCUT2D eigenvalue weighted by Gasteiger charge is 2.38. The summed E-state index contributed by atoms with van der Waals surface area (Å²) < 4.78 is 0. The van der Waals surface area contributed by atoms with E-state index in [0.29, 0.717) is 0 Å². The van der Waals surface area contributed by atoms with Gasteiger partial charge in [-0.05, 0) is 43.4 Å². The Morgan fingerprint density at radius 1 is 1.27 bits per heavy atom. The number of nitrogens with one attached hydrogen (secondary N) is 1. The zero-order valence-corrected chi connectivity index (χ0v) is 7.05. The third-order valence-corrected chi connectivity index (χ3v) is 3.54.